The highest BCUT2D eigenvalue weighted by Crippen LogP contribution is 2.30. The highest BCUT2D eigenvalue weighted by Gasteiger charge is 2.16. The van der Waals surface area contributed by atoms with E-state index < -0.39 is 0 Å². The highest BCUT2D eigenvalue weighted by atomic mass is 35.5. The minimum atomic E-state index is -0.355. The van der Waals surface area contributed by atoms with Gasteiger partial charge in [0.15, 0.2) is 5.82 Å². The number of para-hydroxylation sites is 3. The molecule has 2 aromatic carbocycles. The topological polar surface area (TPSA) is 27.1 Å². The van der Waals surface area contributed by atoms with Gasteiger partial charge in [-0.05, 0) is 31.2 Å². The Morgan fingerprint density at radius 2 is 2.00 bits per heavy atom. The van der Waals surface area contributed by atoms with Crippen LogP contribution in [0.15, 0.2) is 42.5 Å². The van der Waals surface area contributed by atoms with Crippen molar-refractivity contribution in [3.05, 3.63) is 54.1 Å². The monoisotopic (exact) mass is 304 g/mol. The molecule has 0 bridgehead atoms. The lowest BCUT2D eigenvalue weighted by Crippen LogP contribution is -2.03. The maximum atomic E-state index is 13.9. The Bertz CT molecular complexity index is 785. The number of halogens is 2. The lowest BCUT2D eigenvalue weighted by atomic mass is 10.2. The summed E-state index contributed by atoms with van der Waals surface area (Å²) in [6, 6.07) is 12.5. The molecule has 3 aromatic rings. The molecule has 3 rings (SSSR count). The maximum absolute atomic E-state index is 13.9. The molecular formula is C16H14ClFN2O. The van der Waals surface area contributed by atoms with Crippen LogP contribution in [-0.2, 0) is 5.88 Å². The lowest BCUT2D eigenvalue weighted by molar-refractivity contribution is 0.339. The SMILES string of the molecule is CCOc1ccccc1-n1c(CCl)nc2c(F)cccc21. The predicted octanol–water partition coefficient (Wildman–Crippen LogP) is 4.30. The summed E-state index contributed by atoms with van der Waals surface area (Å²) in [6.07, 6.45) is 0. The van der Waals surface area contributed by atoms with E-state index in [2.05, 4.69) is 4.98 Å². The Kier molecular flexibility index (Phi) is 3.80. The molecule has 3 nitrogen and oxygen atoms in total. The number of hydrogen-bond donors (Lipinski definition) is 0. The molecule has 5 heteroatoms. The van der Waals surface area contributed by atoms with E-state index >= 15 is 0 Å². The van der Waals surface area contributed by atoms with Gasteiger partial charge in [-0.2, -0.15) is 0 Å². The summed E-state index contributed by atoms with van der Waals surface area (Å²) in [5.41, 5.74) is 1.81. The molecule has 1 heterocycles. The zero-order valence-electron chi connectivity index (χ0n) is 11.5. The van der Waals surface area contributed by atoms with Crippen molar-refractivity contribution in [1.82, 2.24) is 9.55 Å². The number of hydrogen-bond acceptors (Lipinski definition) is 2. The van der Waals surface area contributed by atoms with Crippen molar-refractivity contribution in [2.24, 2.45) is 0 Å². The van der Waals surface area contributed by atoms with Crippen LogP contribution < -0.4 is 4.74 Å². The minimum Gasteiger partial charge on any atom is -0.492 e. The number of rotatable bonds is 4. The van der Waals surface area contributed by atoms with E-state index in [1.54, 1.807) is 6.07 Å². The number of nitrogens with zero attached hydrogens (tertiary/aromatic N) is 2. The number of benzene rings is 2. The van der Waals surface area contributed by atoms with Gasteiger partial charge < -0.3 is 4.74 Å². The fourth-order valence-corrected chi connectivity index (χ4v) is 2.57. The van der Waals surface area contributed by atoms with Crippen LogP contribution >= 0.6 is 11.6 Å². The molecule has 0 amide bonds. The first-order valence-corrected chi connectivity index (χ1v) is 7.23. The van der Waals surface area contributed by atoms with E-state index in [-0.39, 0.29) is 11.7 Å². The summed E-state index contributed by atoms with van der Waals surface area (Å²) in [6.45, 7) is 2.47. The lowest BCUT2D eigenvalue weighted by Gasteiger charge is -2.13. The third-order valence-corrected chi connectivity index (χ3v) is 3.47. The van der Waals surface area contributed by atoms with Crippen LogP contribution in [-0.4, -0.2) is 16.2 Å². The maximum Gasteiger partial charge on any atom is 0.151 e. The van der Waals surface area contributed by atoms with Crippen LogP contribution in [0, 0.1) is 5.82 Å². The highest BCUT2D eigenvalue weighted by molar-refractivity contribution is 6.17. The van der Waals surface area contributed by atoms with E-state index in [9.17, 15) is 4.39 Å². The number of ether oxygens (including phenoxy) is 1. The van der Waals surface area contributed by atoms with Gasteiger partial charge in [-0.25, -0.2) is 9.37 Å². The van der Waals surface area contributed by atoms with Crippen LogP contribution in [0.5, 0.6) is 5.75 Å². The molecular weight excluding hydrogens is 291 g/mol. The summed E-state index contributed by atoms with van der Waals surface area (Å²) in [4.78, 5) is 4.31. The van der Waals surface area contributed by atoms with E-state index in [0.717, 1.165) is 11.4 Å². The van der Waals surface area contributed by atoms with Crippen molar-refractivity contribution < 1.29 is 9.13 Å². The number of imidazole rings is 1. The molecule has 0 aliphatic heterocycles. The van der Waals surface area contributed by atoms with Crippen LogP contribution in [0.3, 0.4) is 0 Å². The molecule has 21 heavy (non-hydrogen) atoms. The predicted molar refractivity (Wildman–Crippen MR) is 81.8 cm³/mol. The van der Waals surface area contributed by atoms with Crippen LogP contribution in [0.1, 0.15) is 12.7 Å². The first-order chi connectivity index (χ1) is 10.3. The van der Waals surface area contributed by atoms with Crippen molar-refractivity contribution >= 4 is 22.6 Å². The molecule has 0 radical (unpaired) electrons. The quantitative estimate of drug-likeness (QED) is 0.672. The first-order valence-electron chi connectivity index (χ1n) is 6.70. The summed E-state index contributed by atoms with van der Waals surface area (Å²) >= 11 is 5.99. The number of alkyl halides is 1. The normalized spacial score (nSPS) is 11.0. The third kappa shape index (κ3) is 2.36. The second-order valence-corrected chi connectivity index (χ2v) is 4.77. The molecule has 0 N–H and O–H groups in total. The van der Waals surface area contributed by atoms with E-state index in [4.69, 9.17) is 16.3 Å². The van der Waals surface area contributed by atoms with Gasteiger partial charge in [0.05, 0.1) is 23.7 Å². The van der Waals surface area contributed by atoms with Crippen LogP contribution in [0.25, 0.3) is 16.7 Å². The second-order valence-electron chi connectivity index (χ2n) is 4.51. The van der Waals surface area contributed by atoms with Crippen LogP contribution in [0.4, 0.5) is 4.39 Å². The van der Waals surface area contributed by atoms with Gasteiger partial charge >= 0.3 is 0 Å². The fraction of sp³-hybridized carbons (Fsp3) is 0.188. The van der Waals surface area contributed by atoms with E-state index in [1.807, 2.05) is 41.8 Å². The molecule has 0 aliphatic carbocycles. The molecule has 0 saturated carbocycles. The molecule has 0 aliphatic rings. The molecule has 0 fully saturated rings. The van der Waals surface area contributed by atoms with E-state index in [1.165, 1.54) is 6.07 Å². The smallest absolute Gasteiger partial charge is 0.151 e. The fourth-order valence-electron chi connectivity index (χ4n) is 2.39. The summed E-state index contributed by atoms with van der Waals surface area (Å²) in [5.74, 6) is 1.14. The molecule has 0 spiro atoms. The van der Waals surface area contributed by atoms with Crippen molar-refractivity contribution in [2.75, 3.05) is 6.61 Å². The van der Waals surface area contributed by atoms with Gasteiger partial charge in [0.2, 0.25) is 0 Å². The zero-order valence-corrected chi connectivity index (χ0v) is 12.3. The summed E-state index contributed by atoms with van der Waals surface area (Å²) < 4.78 is 21.4. The summed E-state index contributed by atoms with van der Waals surface area (Å²) in [7, 11) is 0. The molecule has 1 aromatic heterocycles. The second kappa shape index (κ2) is 5.74. The standard InChI is InChI=1S/C16H14ClFN2O/c1-2-21-14-9-4-3-7-12(14)20-13-8-5-6-11(18)16(13)19-15(20)10-17/h3-9H,2,10H2,1H3. The number of fused-ring (bicyclic) bond motifs is 1. The van der Waals surface area contributed by atoms with Crippen molar-refractivity contribution in [1.29, 1.82) is 0 Å². The Morgan fingerprint density at radius 1 is 1.19 bits per heavy atom. The Balaban J connectivity index is 2.32. The summed E-state index contributed by atoms with van der Waals surface area (Å²) in [5, 5.41) is 0. The van der Waals surface area contributed by atoms with E-state index in [0.29, 0.717) is 23.5 Å². The average Bonchev–Trinajstić information content (AvgIpc) is 2.88. The average molecular weight is 305 g/mol. The third-order valence-electron chi connectivity index (χ3n) is 3.23. The van der Waals surface area contributed by atoms with Crippen molar-refractivity contribution in [3.8, 4) is 11.4 Å². The van der Waals surface area contributed by atoms with Crippen molar-refractivity contribution in [3.63, 3.8) is 0 Å². The molecule has 0 unspecified atom stereocenters. The first kappa shape index (κ1) is 13.9. The number of aromatic nitrogens is 2. The molecule has 0 atom stereocenters. The molecule has 0 saturated heterocycles. The Morgan fingerprint density at radius 3 is 2.76 bits per heavy atom. The van der Waals surface area contributed by atoms with Gasteiger partial charge in [-0.15, -0.1) is 11.6 Å². The Labute approximate surface area is 126 Å². The van der Waals surface area contributed by atoms with Gasteiger partial charge in [-0.1, -0.05) is 18.2 Å². The Hall–Kier alpha value is -2.07. The van der Waals surface area contributed by atoms with Gasteiger partial charge in [0.25, 0.3) is 0 Å². The zero-order chi connectivity index (χ0) is 14.8. The van der Waals surface area contributed by atoms with Crippen LogP contribution in [0.2, 0.25) is 0 Å². The minimum absolute atomic E-state index is 0.189. The molecule has 108 valence electrons. The van der Waals surface area contributed by atoms with Gasteiger partial charge in [-0.3, -0.25) is 4.57 Å². The largest absolute Gasteiger partial charge is 0.492 e. The van der Waals surface area contributed by atoms with Gasteiger partial charge in [0.1, 0.15) is 17.1 Å². The van der Waals surface area contributed by atoms with Gasteiger partial charge in [0, 0.05) is 0 Å². The van der Waals surface area contributed by atoms with Crippen molar-refractivity contribution in [2.45, 2.75) is 12.8 Å².